The van der Waals surface area contributed by atoms with Gasteiger partial charge in [-0.05, 0) is 38.8 Å². The van der Waals surface area contributed by atoms with E-state index >= 15 is 0 Å². The average molecular weight is 373 g/mol. The Morgan fingerprint density at radius 3 is 3.00 bits per heavy atom. The van der Waals surface area contributed by atoms with Crippen LogP contribution in [0.4, 0.5) is 10.5 Å². The first-order valence-electron chi connectivity index (χ1n) is 9.28. The number of anilines is 1. The van der Waals surface area contributed by atoms with Crippen molar-refractivity contribution in [2.24, 2.45) is 0 Å². The van der Waals surface area contributed by atoms with Gasteiger partial charge in [0.1, 0.15) is 18.7 Å². The van der Waals surface area contributed by atoms with Crippen LogP contribution in [0, 0.1) is 0 Å². The Kier molecular flexibility index (Phi) is 6.28. The Labute approximate surface area is 159 Å². The summed E-state index contributed by atoms with van der Waals surface area (Å²) in [4.78, 5) is 14.2. The van der Waals surface area contributed by atoms with Crippen molar-refractivity contribution in [2.45, 2.75) is 45.4 Å². The first-order chi connectivity index (χ1) is 13.0. The van der Waals surface area contributed by atoms with Gasteiger partial charge in [0.25, 0.3) is 0 Å². The normalized spacial score (nSPS) is 16.5. The number of urea groups is 1. The topological polar surface area (TPSA) is 81.5 Å². The Morgan fingerprint density at radius 1 is 1.44 bits per heavy atom. The maximum absolute atomic E-state index is 12.6. The molecule has 1 atom stereocenters. The van der Waals surface area contributed by atoms with Crippen molar-refractivity contribution in [1.82, 2.24) is 19.7 Å². The van der Waals surface area contributed by atoms with Crippen molar-refractivity contribution in [3.63, 3.8) is 0 Å². The number of rotatable bonds is 7. The summed E-state index contributed by atoms with van der Waals surface area (Å²) in [6.07, 6.45) is 3.88. The lowest BCUT2D eigenvalue weighted by atomic mass is 10.2. The number of benzene rings is 1. The van der Waals surface area contributed by atoms with Gasteiger partial charge in [-0.2, -0.15) is 0 Å². The minimum Gasteiger partial charge on any atom is -0.489 e. The number of nitrogens with one attached hydrogen (secondary N) is 1. The van der Waals surface area contributed by atoms with Crippen LogP contribution >= 0.6 is 0 Å². The van der Waals surface area contributed by atoms with Gasteiger partial charge in [-0.3, -0.25) is 0 Å². The molecule has 1 aromatic carbocycles. The monoisotopic (exact) mass is 373 g/mol. The lowest BCUT2D eigenvalue weighted by Crippen LogP contribution is -2.32. The zero-order valence-corrected chi connectivity index (χ0v) is 16.1. The summed E-state index contributed by atoms with van der Waals surface area (Å²) >= 11 is 0. The third kappa shape index (κ3) is 4.97. The van der Waals surface area contributed by atoms with Crippen LogP contribution in [-0.2, 0) is 11.3 Å². The first-order valence-corrected chi connectivity index (χ1v) is 9.28. The molecule has 0 unspecified atom stereocenters. The van der Waals surface area contributed by atoms with E-state index in [0.29, 0.717) is 24.6 Å². The number of nitrogens with zero attached hydrogens (tertiary/aromatic N) is 4. The van der Waals surface area contributed by atoms with Gasteiger partial charge in [0.2, 0.25) is 0 Å². The van der Waals surface area contributed by atoms with Crippen molar-refractivity contribution in [1.29, 1.82) is 0 Å². The van der Waals surface area contributed by atoms with Gasteiger partial charge >= 0.3 is 6.03 Å². The van der Waals surface area contributed by atoms with Crippen molar-refractivity contribution in [3.05, 3.63) is 36.4 Å². The minimum absolute atomic E-state index is 0.124. The maximum atomic E-state index is 12.6. The fourth-order valence-corrected chi connectivity index (χ4v) is 2.96. The second-order valence-electron chi connectivity index (χ2n) is 6.98. The Hall–Kier alpha value is -2.61. The average Bonchev–Trinajstić information content (AvgIpc) is 3.32. The molecule has 0 saturated carbocycles. The van der Waals surface area contributed by atoms with E-state index in [1.807, 2.05) is 28.8 Å². The fourth-order valence-electron chi connectivity index (χ4n) is 2.96. The number of carbonyl (C=O) groups is 1. The van der Waals surface area contributed by atoms with Gasteiger partial charge in [0, 0.05) is 19.7 Å². The lowest BCUT2D eigenvalue weighted by molar-refractivity contribution is 0.0682. The second-order valence-corrected chi connectivity index (χ2v) is 6.98. The van der Waals surface area contributed by atoms with Crippen LogP contribution in [0.25, 0.3) is 0 Å². The van der Waals surface area contributed by atoms with Crippen LogP contribution in [0.2, 0.25) is 0 Å². The highest BCUT2D eigenvalue weighted by Gasteiger charge is 2.18. The van der Waals surface area contributed by atoms with E-state index in [4.69, 9.17) is 9.47 Å². The molecule has 1 fully saturated rings. The summed E-state index contributed by atoms with van der Waals surface area (Å²) < 4.78 is 13.4. The van der Waals surface area contributed by atoms with Gasteiger partial charge < -0.3 is 24.3 Å². The molecule has 146 valence electrons. The quantitative estimate of drug-likeness (QED) is 0.807. The van der Waals surface area contributed by atoms with Gasteiger partial charge in [0.15, 0.2) is 5.82 Å². The summed E-state index contributed by atoms with van der Waals surface area (Å²) in [5, 5.41) is 11.0. The zero-order chi connectivity index (χ0) is 19.2. The van der Waals surface area contributed by atoms with Crippen LogP contribution in [0.15, 0.2) is 30.6 Å². The standard InChI is InChI=1S/C19H27N5O3/c1-14(2)24-13-20-22-18(24)11-23(3)19(25)21-16-8-4-5-9-17(16)27-12-15-7-6-10-26-15/h4-5,8-9,13-15H,6-7,10-12H2,1-3H3,(H,21,25)/t15-/m1/s1. The van der Waals surface area contributed by atoms with E-state index in [1.54, 1.807) is 18.3 Å². The summed E-state index contributed by atoms with van der Waals surface area (Å²) in [6.45, 7) is 5.74. The molecular formula is C19H27N5O3. The van der Waals surface area contributed by atoms with E-state index in [1.165, 1.54) is 0 Å². The largest absolute Gasteiger partial charge is 0.489 e. The van der Waals surface area contributed by atoms with E-state index in [9.17, 15) is 4.79 Å². The SMILES string of the molecule is CC(C)n1cnnc1CN(C)C(=O)Nc1ccccc1OC[C@H]1CCCO1. The molecule has 3 rings (SSSR count). The molecule has 0 spiro atoms. The van der Waals surface area contributed by atoms with Crippen molar-refractivity contribution >= 4 is 11.7 Å². The Balaban J connectivity index is 1.60. The predicted molar refractivity (Wildman–Crippen MR) is 102 cm³/mol. The minimum atomic E-state index is -0.235. The molecule has 1 N–H and O–H groups in total. The highest BCUT2D eigenvalue weighted by Crippen LogP contribution is 2.25. The van der Waals surface area contributed by atoms with Crippen LogP contribution in [0.5, 0.6) is 5.75 Å². The summed E-state index contributed by atoms with van der Waals surface area (Å²) in [5.41, 5.74) is 0.637. The summed E-state index contributed by atoms with van der Waals surface area (Å²) in [6, 6.07) is 7.42. The van der Waals surface area contributed by atoms with Crippen LogP contribution in [0.3, 0.4) is 0 Å². The molecule has 8 nitrogen and oxygen atoms in total. The molecule has 2 amide bonds. The fraction of sp³-hybridized carbons (Fsp3) is 0.526. The van der Waals surface area contributed by atoms with Crippen LogP contribution in [-0.4, -0.2) is 52.1 Å². The molecular weight excluding hydrogens is 346 g/mol. The number of ether oxygens (including phenoxy) is 2. The molecule has 1 saturated heterocycles. The number of hydrogen-bond donors (Lipinski definition) is 1. The smallest absolute Gasteiger partial charge is 0.322 e. The first kappa shape index (κ1) is 19.2. The Bertz CT molecular complexity index is 755. The summed E-state index contributed by atoms with van der Waals surface area (Å²) in [7, 11) is 1.73. The molecule has 2 heterocycles. The molecule has 0 radical (unpaired) electrons. The highest BCUT2D eigenvalue weighted by atomic mass is 16.5. The predicted octanol–water partition coefficient (Wildman–Crippen LogP) is 3.08. The van der Waals surface area contributed by atoms with Crippen molar-refractivity contribution in [3.8, 4) is 5.75 Å². The van der Waals surface area contributed by atoms with Crippen LogP contribution < -0.4 is 10.1 Å². The van der Waals surface area contributed by atoms with Gasteiger partial charge in [-0.25, -0.2) is 4.79 Å². The van der Waals surface area contributed by atoms with Gasteiger partial charge in [0.05, 0.1) is 18.3 Å². The Morgan fingerprint density at radius 2 is 2.26 bits per heavy atom. The number of carbonyl (C=O) groups excluding carboxylic acids is 1. The molecule has 1 aliphatic heterocycles. The zero-order valence-electron chi connectivity index (χ0n) is 16.1. The third-order valence-electron chi connectivity index (χ3n) is 4.51. The molecule has 2 aromatic rings. The van der Waals surface area contributed by atoms with Crippen molar-refractivity contribution < 1.29 is 14.3 Å². The molecule has 1 aromatic heterocycles. The highest BCUT2D eigenvalue weighted by molar-refractivity contribution is 5.90. The molecule has 0 aliphatic carbocycles. The molecule has 27 heavy (non-hydrogen) atoms. The lowest BCUT2D eigenvalue weighted by Gasteiger charge is -2.20. The molecule has 1 aliphatic rings. The number of hydrogen-bond acceptors (Lipinski definition) is 5. The van der Waals surface area contributed by atoms with Gasteiger partial charge in [-0.15, -0.1) is 10.2 Å². The number of aromatic nitrogens is 3. The summed E-state index contributed by atoms with van der Waals surface area (Å²) in [5.74, 6) is 1.38. The van der Waals surface area contributed by atoms with Crippen LogP contribution in [0.1, 0.15) is 38.6 Å². The van der Waals surface area contributed by atoms with E-state index in [-0.39, 0.29) is 18.2 Å². The van der Waals surface area contributed by atoms with E-state index < -0.39 is 0 Å². The van der Waals surface area contributed by atoms with Crippen molar-refractivity contribution in [2.75, 3.05) is 25.6 Å². The number of para-hydroxylation sites is 2. The molecule has 0 bridgehead atoms. The maximum Gasteiger partial charge on any atom is 0.322 e. The van der Waals surface area contributed by atoms with Gasteiger partial charge in [-0.1, -0.05) is 12.1 Å². The third-order valence-corrected chi connectivity index (χ3v) is 4.51. The van der Waals surface area contributed by atoms with E-state index in [0.717, 1.165) is 25.3 Å². The number of amides is 2. The second kappa shape index (κ2) is 8.85. The van der Waals surface area contributed by atoms with E-state index in [2.05, 4.69) is 29.4 Å². The molecule has 8 heteroatoms.